The molecule has 0 aliphatic heterocycles. The number of benzene rings is 2. The number of aromatic nitrogens is 2. The molecule has 0 aliphatic rings. The molecule has 11 heteroatoms. The van der Waals surface area contributed by atoms with Gasteiger partial charge in [0.2, 0.25) is 0 Å². The average molecular weight is 497 g/mol. The number of thiazole rings is 1. The minimum atomic E-state index is -3.80. The van der Waals surface area contributed by atoms with Gasteiger partial charge in [-0.25, -0.2) is 17.8 Å². The van der Waals surface area contributed by atoms with Crippen molar-refractivity contribution >= 4 is 49.2 Å². The summed E-state index contributed by atoms with van der Waals surface area (Å²) in [6.45, 7) is 0.267. The third-order valence-corrected chi connectivity index (χ3v) is 7.23. The van der Waals surface area contributed by atoms with Crippen molar-refractivity contribution < 1.29 is 22.0 Å². The standard InChI is InChI=1S/C23H17FN4O4S2/c24-16-3-1-2-15(12-16)14-28-19-8-10-32-21(19)13-20(28)22(29)26-17-4-6-18(7-5-17)34(30,31)27-23-25-9-11-33-23/h1-13H,14H2,(H,25,27)(H,26,29). The first-order chi connectivity index (χ1) is 16.4. The number of nitrogens with zero attached hydrogens (tertiary/aromatic N) is 2. The largest absolute Gasteiger partial charge is 0.463 e. The fourth-order valence-electron chi connectivity index (χ4n) is 3.51. The van der Waals surface area contributed by atoms with Gasteiger partial charge in [-0.15, -0.1) is 11.3 Å². The lowest BCUT2D eigenvalue weighted by molar-refractivity contribution is 0.101. The Labute approximate surface area is 197 Å². The molecule has 5 aromatic rings. The van der Waals surface area contributed by atoms with Crippen LogP contribution in [-0.4, -0.2) is 23.9 Å². The molecule has 3 aromatic heterocycles. The summed E-state index contributed by atoms with van der Waals surface area (Å²) in [6.07, 6.45) is 3.02. The van der Waals surface area contributed by atoms with Crippen LogP contribution >= 0.6 is 11.3 Å². The fourth-order valence-corrected chi connectivity index (χ4v) is 5.30. The maximum Gasteiger partial charge on any atom is 0.272 e. The summed E-state index contributed by atoms with van der Waals surface area (Å²) in [5.41, 5.74) is 2.64. The Balaban J connectivity index is 1.37. The van der Waals surface area contributed by atoms with E-state index in [4.69, 9.17) is 4.42 Å². The van der Waals surface area contributed by atoms with Gasteiger partial charge in [-0.2, -0.15) is 0 Å². The zero-order valence-electron chi connectivity index (χ0n) is 17.4. The second-order valence-electron chi connectivity index (χ2n) is 7.34. The van der Waals surface area contributed by atoms with Crippen molar-refractivity contribution in [2.24, 2.45) is 0 Å². The molecule has 2 N–H and O–H groups in total. The highest BCUT2D eigenvalue weighted by Crippen LogP contribution is 2.24. The molecule has 0 unspecified atom stereocenters. The van der Waals surface area contributed by atoms with Crippen molar-refractivity contribution in [3.05, 3.63) is 95.6 Å². The summed E-state index contributed by atoms with van der Waals surface area (Å²) in [4.78, 5) is 17.0. The van der Waals surface area contributed by atoms with Crippen molar-refractivity contribution in [2.75, 3.05) is 10.0 Å². The van der Waals surface area contributed by atoms with E-state index in [-0.39, 0.29) is 22.4 Å². The molecule has 8 nitrogen and oxygen atoms in total. The molecule has 5 rings (SSSR count). The molecule has 0 atom stereocenters. The zero-order chi connectivity index (χ0) is 23.7. The van der Waals surface area contributed by atoms with Crippen LogP contribution < -0.4 is 10.0 Å². The highest BCUT2D eigenvalue weighted by molar-refractivity contribution is 7.93. The maximum atomic E-state index is 13.7. The second kappa shape index (κ2) is 8.76. The Morgan fingerprint density at radius 1 is 1.12 bits per heavy atom. The number of carbonyl (C=O) groups excluding carboxylic acids is 1. The summed E-state index contributed by atoms with van der Waals surface area (Å²) >= 11 is 1.17. The van der Waals surface area contributed by atoms with Crippen LogP contribution in [0.3, 0.4) is 0 Å². The fraction of sp³-hybridized carbons (Fsp3) is 0.0435. The molecular formula is C23H17FN4O4S2. The van der Waals surface area contributed by atoms with Gasteiger partial charge in [-0.3, -0.25) is 9.52 Å². The number of carbonyl (C=O) groups is 1. The van der Waals surface area contributed by atoms with E-state index in [1.165, 1.54) is 60.2 Å². The Morgan fingerprint density at radius 3 is 2.68 bits per heavy atom. The summed E-state index contributed by atoms with van der Waals surface area (Å²) in [5.74, 6) is -0.780. The van der Waals surface area contributed by atoms with Gasteiger partial charge in [0.1, 0.15) is 11.5 Å². The van der Waals surface area contributed by atoms with Crippen LogP contribution in [0.5, 0.6) is 0 Å². The third kappa shape index (κ3) is 4.43. The quantitative estimate of drug-likeness (QED) is 0.332. The van der Waals surface area contributed by atoms with Gasteiger partial charge in [-0.05, 0) is 42.0 Å². The summed E-state index contributed by atoms with van der Waals surface area (Å²) < 4.78 is 48.2. The van der Waals surface area contributed by atoms with Gasteiger partial charge in [0, 0.05) is 35.9 Å². The van der Waals surface area contributed by atoms with Gasteiger partial charge in [-0.1, -0.05) is 12.1 Å². The molecule has 0 saturated heterocycles. The van der Waals surface area contributed by atoms with E-state index >= 15 is 0 Å². The maximum absolute atomic E-state index is 13.7. The third-order valence-electron chi connectivity index (χ3n) is 5.06. The summed E-state index contributed by atoms with van der Waals surface area (Å²) in [7, 11) is -3.80. The predicted molar refractivity (Wildman–Crippen MR) is 127 cm³/mol. The normalized spacial score (nSPS) is 11.6. The molecule has 0 fully saturated rings. The molecule has 0 spiro atoms. The van der Waals surface area contributed by atoms with Gasteiger partial charge in [0.25, 0.3) is 15.9 Å². The van der Waals surface area contributed by atoms with E-state index in [0.29, 0.717) is 28.0 Å². The van der Waals surface area contributed by atoms with E-state index in [9.17, 15) is 17.6 Å². The minimum absolute atomic E-state index is 0.0349. The summed E-state index contributed by atoms with van der Waals surface area (Å²) in [6, 6.07) is 15.3. The van der Waals surface area contributed by atoms with Crippen LogP contribution in [0.2, 0.25) is 0 Å². The molecule has 34 heavy (non-hydrogen) atoms. The Morgan fingerprint density at radius 2 is 1.94 bits per heavy atom. The average Bonchev–Trinajstić information content (AvgIpc) is 3.53. The van der Waals surface area contributed by atoms with Crippen LogP contribution in [0.4, 0.5) is 15.2 Å². The van der Waals surface area contributed by atoms with Crippen LogP contribution in [0, 0.1) is 5.82 Å². The predicted octanol–water partition coefficient (Wildman–Crippen LogP) is 4.93. The molecule has 0 radical (unpaired) electrons. The molecular weight excluding hydrogens is 479 g/mol. The number of sulfonamides is 1. The molecule has 0 bridgehead atoms. The van der Waals surface area contributed by atoms with E-state index in [1.807, 2.05) is 0 Å². The van der Waals surface area contributed by atoms with Gasteiger partial charge >= 0.3 is 0 Å². The van der Waals surface area contributed by atoms with Crippen molar-refractivity contribution in [3.63, 3.8) is 0 Å². The number of hydrogen-bond acceptors (Lipinski definition) is 6. The van der Waals surface area contributed by atoms with E-state index in [0.717, 1.165) is 0 Å². The molecule has 3 heterocycles. The highest BCUT2D eigenvalue weighted by Gasteiger charge is 2.19. The SMILES string of the molecule is O=C(Nc1ccc(S(=O)(=O)Nc2nccs2)cc1)c1cc2occc2n1Cc1cccc(F)c1. The lowest BCUT2D eigenvalue weighted by Gasteiger charge is -2.11. The lowest BCUT2D eigenvalue weighted by atomic mass is 10.2. The second-order valence-corrected chi connectivity index (χ2v) is 9.91. The Kier molecular flexibility index (Phi) is 5.64. The number of halogens is 1. The van der Waals surface area contributed by atoms with Gasteiger partial charge < -0.3 is 14.3 Å². The Bertz CT molecular complexity index is 1570. The first-order valence-corrected chi connectivity index (χ1v) is 12.4. The minimum Gasteiger partial charge on any atom is -0.463 e. The molecule has 0 saturated carbocycles. The number of hydrogen-bond donors (Lipinski definition) is 2. The van der Waals surface area contributed by atoms with Crippen LogP contribution in [0.15, 0.2) is 87.8 Å². The van der Waals surface area contributed by atoms with E-state index < -0.39 is 15.9 Å². The number of furan rings is 1. The zero-order valence-corrected chi connectivity index (χ0v) is 19.1. The van der Waals surface area contributed by atoms with Crippen molar-refractivity contribution in [1.82, 2.24) is 9.55 Å². The monoisotopic (exact) mass is 496 g/mol. The van der Waals surface area contributed by atoms with Crippen LogP contribution in [0.25, 0.3) is 11.1 Å². The molecule has 2 aromatic carbocycles. The number of fused-ring (bicyclic) bond motifs is 1. The van der Waals surface area contributed by atoms with E-state index in [1.54, 1.807) is 34.2 Å². The number of anilines is 2. The summed E-state index contributed by atoms with van der Waals surface area (Å²) in [5, 5.41) is 4.70. The topological polar surface area (TPSA) is 106 Å². The molecule has 172 valence electrons. The first-order valence-electron chi connectivity index (χ1n) is 10.0. The lowest BCUT2D eigenvalue weighted by Crippen LogP contribution is -2.18. The van der Waals surface area contributed by atoms with Gasteiger partial charge in [0.05, 0.1) is 16.7 Å². The Hall–Kier alpha value is -3.96. The first kappa shape index (κ1) is 21.9. The molecule has 1 amide bonds. The smallest absolute Gasteiger partial charge is 0.272 e. The van der Waals surface area contributed by atoms with E-state index in [2.05, 4.69) is 15.0 Å². The van der Waals surface area contributed by atoms with Crippen molar-refractivity contribution in [1.29, 1.82) is 0 Å². The van der Waals surface area contributed by atoms with Crippen LogP contribution in [-0.2, 0) is 16.6 Å². The van der Waals surface area contributed by atoms with Crippen LogP contribution in [0.1, 0.15) is 16.1 Å². The molecule has 0 aliphatic carbocycles. The van der Waals surface area contributed by atoms with Crippen molar-refractivity contribution in [2.45, 2.75) is 11.4 Å². The number of rotatable bonds is 7. The van der Waals surface area contributed by atoms with Crippen molar-refractivity contribution in [3.8, 4) is 0 Å². The van der Waals surface area contributed by atoms with Gasteiger partial charge in [0.15, 0.2) is 10.7 Å². The number of amides is 1. The highest BCUT2D eigenvalue weighted by atomic mass is 32.2. The number of nitrogens with one attached hydrogen (secondary N) is 2.